The molecule has 0 aliphatic carbocycles. The van der Waals surface area contributed by atoms with Gasteiger partial charge >= 0.3 is 0 Å². The fourth-order valence-electron chi connectivity index (χ4n) is 2.61. The van der Waals surface area contributed by atoms with Crippen LogP contribution in [0.25, 0.3) is 11.5 Å². The number of aromatic nitrogens is 3. The van der Waals surface area contributed by atoms with Crippen LogP contribution in [0.15, 0.2) is 61.1 Å². The van der Waals surface area contributed by atoms with Gasteiger partial charge in [0.25, 0.3) is 0 Å². The zero-order chi connectivity index (χ0) is 17.7. The molecule has 0 saturated carbocycles. The van der Waals surface area contributed by atoms with Crippen LogP contribution in [-0.4, -0.2) is 29.5 Å². The van der Waals surface area contributed by atoms with Crippen molar-refractivity contribution in [1.82, 2.24) is 19.3 Å². The first-order valence-electron chi connectivity index (χ1n) is 7.99. The zero-order valence-corrected chi connectivity index (χ0v) is 14.8. The van der Waals surface area contributed by atoms with Gasteiger partial charge in [-0.2, -0.15) is 0 Å². The lowest BCUT2D eigenvalue weighted by molar-refractivity contribution is 0.572. The molecule has 0 bridgehead atoms. The molecule has 0 aliphatic heterocycles. The second-order valence-electron chi connectivity index (χ2n) is 5.80. The third-order valence-corrected chi connectivity index (χ3v) is 5.08. The largest absolute Gasteiger partial charge is 0.328 e. The number of nitrogens with one attached hydrogen (secondary N) is 1. The molecule has 3 rings (SSSR count). The molecular formula is C18H20N4O2S. The van der Waals surface area contributed by atoms with Gasteiger partial charge in [0, 0.05) is 31.7 Å². The molecule has 1 N–H and O–H groups in total. The summed E-state index contributed by atoms with van der Waals surface area (Å²) in [5, 5.41) is 0. The number of pyridine rings is 1. The van der Waals surface area contributed by atoms with Crippen molar-refractivity contribution in [3.05, 3.63) is 72.2 Å². The van der Waals surface area contributed by atoms with E-state index >= 15 is 0 Å². The first-order chi connectivity index (χ1) is 12.0. The Kier molecular flexibility index (Phi) is 5.25. The van der Waals surface area contributed by atoms with Crippen molar-refractivity contribution in [1.29, 1.82) is 0 Å². The molecule has 0 atom stereocenters. The van der Waals surface area contributed by atoms with E-state index in [-0.39, 0.29) is 5.75 Å². The van der Waals surface area contributed by atoms with Gasteiger partial charge in [0.1, 0.15) is 5.69 Å². The molecule has 0 unspecified atom stereocenters. The van der Waals surface area contributed by atoms with Gasteiger partial charge in [-0.05, 0) is 24.6 Å². The third-order valence-electron chi connectivity index (χ3n) is 3.72. The number of hydrogen-bond donors (Lipinski definition) is 1. The molecular weight excluding hydrogens is 336 g/mol. The lowest BCUT2D eigenvalue weighted by Gasteiger charge is -2.10. The average molecular weight is 356 g/mol. The summed E-state index contributed by atoms with van der Waals surface area (Å²) in [5.74, 6) is 0.699. The summed E-state index contributed by atoms with van der Waals surface area (Å²) in [5.41, 5.74) is 2.59. The molecule has 2 aromatic heterocycles. The van der Waals surface area contributed by atoms with E-state index < -0.39 is 10.0 Å². The van der Waals surface area contributed by atoms with Crippen LogP contribution in [0.1, 0.15) is 11.1 Å². The molecule has 0 amide bonds. The summed E-state index contributed by atoms with van der Waals surface area (Å²) in [4.78, 5) is 8.58. The van der Waals surface area contributed by atoms with Gasteiger partial charge in [-0.3, -0.25) is 4.98 Å². The Morgan fingerprint density at radius 2 is 1.96 bits per heavy atom. The second kappa shape index (κ2) is 7.58. The number of imidazole rings is 1. The predicted molar refractivity (Wildman–Crippen MR) is 97.3 cm³/mol. The maximum atomic E-state index is 12.2. The standard InChI is InChI=1S/C18H20N4O2S/c1-15-5-4-6-16(13-15)14-25(23,24)21-10-12-22-11-9-20-18(22)17-7-2-3-8-19-17/h2-9,11,13,21H,10,12,14H2,1H3. The third kappa shape index (κ3) is 4.74. The Morgan fingerprint density at radius 1 is 1.08 bits per heavy atom. The molecule has 7 heteroatoms. The van der Waals surface area contributed by atoms with E-state index in [0.717, 1.165) is 22.6 Å². The molecule has 0 radical (unpaired) electrons. The highest BCUT2D eigenvalue weighted by Crippen LogP contribution is 2.13. The molecule has 0 fully saturated rings. The van der Waals surface area contributed by atoms with Crippen LogP contribution in [0.2, 0.25) is 0 Å². The normalized spacial score (nSPS) is 11.6. The summed E-state index contributed by atoms with van der Waals surface area (Å²) < 4.78 is 29.0. The number of hydrogen-bond acceptors (Lipinski definition) is 4. The van der Waals surface area contributed by atoms with Gasteiger partial charge in [0.2, 0.25) is 10.0 Å². The lowest BCUT2D eigenvalue weighted by Crippen LogP contribution is -2.28. The highest BCUT2D eigenvalue weighted by Gasteiger charge is 2.12. The minimum absolute atomic E-state index is 0.0221. The van der Waals surface area contributed by atoms with Gasteiger partial charge in [-0.1, -0.05) is 35.9 Å². The highest BCUT2D eigenvalue weighted by atomic mass is 32.2. The molecule has 6 nitrogen and oxygen atoms in total. The van der Waals surface area contributed by atoms with Crippen molar-refractivity contribution in [2.24, 2.45) is 0 Å². The van der Waals surface area contributed by atoms with Crippen molar-refractivity contribution in [2.75, 3.05) is 6.54 Å². The zero-order valence-electron chi connectivity index (χ0n) is 14.0. The molecule has 0 saturated heterocycles. The molecule has 1 aromatic carbocycles. The fourth-order valence-corrected chi connectivity index (χ4v) is 3.73. The Balaban J connectivity index is 1.61. The average Bonchev–Trinajstić information content (AvgIpc) is 3.03. The SMILES string of the molecule is Cc1cccc(CS(=O)(=O)NCCn2ccnc2-c2ccccn2)c1. The maximum absolute atomic E-state index is 12.2. The first kappa shape index (κ1) is 17.3. The summed E-state index contributed by atoms with van der Waals surface area (Å²) in [7, 11) is -3.38. The summed E-state index contributed by atoms with van der Waals surface area (Å²) >= 11 is 0. The summed E-state index contributed by atoms with van der Waals surface area (Å²) in [6, 6.07) is 13.1. The Bertz CT molecular complexity index is 936. The van der Waals surface area contributed by atoms with Crippen LogP contribution in [0.3, 0.4) is 0 Å². The smallest absolute Gasteiger partial charge is 0.215 e. The number of aryl methyl sites for hydroxylation is 1. The van der Waals surface area contributed by atoms with Crippen LogP contribution in [0.5, 0.6) is 0 Å². The van der Waals surface area contributed by atoms with E-state index in [9.17, 15) is 8.42 Å². The minimum atomic E-state index is -3.38. The lowest BCUT2D eigenvalue weighted by atomic mass is 10.2. The second-order valence-corrected chi connectivity index (χ2v) is 7.61. The van der Waals surface area contributed by atoms with E-state index in [1.165, 1.54) is 0 Å². The molecule has 25 heavy (non-hydrogen) atoms. The maximum Gasteiger partial charge on any atom is 0.215 e. The van der Waals surface area contributed by atoms with Gasteiger partial charge in [0.15, 0.2) is 5.82 Å². The topological polar surface area (TPSA) is 76.9 Å². The number of benzene rings is 1. The van der Waals surface area contributed by atoms with E-state index in [1.807, 2.05) is 60.2 Å². The predicted octanol–water partition coefficient (Wildman–Crippen LogP) is 2.37. The molecule has 2 heterocycles. The van der Waals surface area contributed by atoms with Crippen molar-refractivity contribution in [3.63, 3.8) is 0 Å². The van der Waals surface area contributed by atoms with E-state index in [1.54, 1.807) is 12.4 Å². The number of rotatable bonds is 7. The Labute approximate surface area is 147 Å². The van der Waals surface area contributed by atoms with E-state index in [0.29, 0.717) is 13.1 Å². The number of sulfonamides is 1. The minimum Gasteiger partial charge on any atom is -0.328 e. The van der Waals surface area contributed by atoms with Crippen molar-refractivity contribution in [3.8, 4) is 11.5 Å². The van der Waals surface area contributed by atoms with Crippen LogP contribution < -0.4 is 4.72 Å². The molecule has 0 aliphatic rings. The summed E-state index contributed by atoms with van der Waals surface area (Å²) in [6.45, 7) is 2.73. The van der Waals surface area contributed by atoms with E-state index in [2.05, 4.69) is 14.7 Å². The van der Waals surface area contributed by atoms with Gasteiger partial charge in [0.05, 0.1) is 5.75 Å². The quantitative estimate of drug-likeness (QED) is 0.705. The van der Waals surface area contributed by atoms with Crippen LogP contribution in [0.4, 0.5) is 0 Å². The monoisotopic (exact) mass is 356 g/mol. The van der Waals surface area contributed by atoms with Crippen LogP contribution in [0, 0.1) is 6.92 Å². The van der Waals surface area contributed by atoms with Crippen molar-refractivity contribution < 1.29 is 8.42 Å². The van der Waals surface area contributed by atoms with Crippen molar-refractivity contribution in [2.45, 2.75) is 19.2 Å². The van der Waals surface area contributed by atoms with Crippen LogP contribution >= 0.6 is 0 Å². The van der Waals surface area contributed by atoms with Crippen molar-refractivity contribution >= 4 is 10.0 Å². The van der Waals surface area contributed by atoms with Gasteiger partial charge in [-0.15, -0.1) is 0 Å². The molecule has 130 valence electrons. The summed E-state index contributed by atoms with van der Waals surface area (Å²) in [6.07, 6.45) is 5.21. The highest BCUT2D eigenvalue weighted by molar-refractivity contribution is 7.88. The molecule has 0 spiro atoms. The Hall–Kier alpha value is -2.51. The molecule has 3 aromatic rings. The van der Waals surface area contributed by atoms with E-state index in [4.69, 9.17) is 0 Å². The Morgan fingerprint density at radius 3 is 2.72 bits per heavy atom. The van der Waals surface area contributed by atoms with Gasteiger partial charge in [-0.25, -0.2) is 18.1 Å². The van der Waals surface area contributed by atoms with Gasteiger partial charge < -0.3 is 4.57 Å². The fraction of sp³-hybridized carbons (Fsp3) is 0.222. The van der Waals surface area contributed by atoms with Crippen LogP contribution in [-0.2, 0) is 22.3 Å². The number of nitrogens with zero attached hydrogens (tertiary/aromatic N) is 3. The first-order valence-corrected chi connectivity index (χ1v) is 9.64.